The maximum atomic E-state index is 12.2. The highest BCUT2D eigenvalue weighted by Gasteiger charge is 2.27. The molecule has 2 aromatic carbocycles. The Bertz CT molecular complexity index is 761. The minimum absolute atomic E-state index is 0.0123. The first kappa shape index (κ1) is 13.1. The van der Waals surface area contributed by atoms with Gasteiger partial charge in [0, 0.05) is 0 Å². The molecular formula is C16H12O5. The van der Waals surface area contributed by atoms with Crippen molar-refractivity contribution in [1.82, 2.24) is 0 Å². The van der Waals surface area contributed by atoms with E-state index < -0.39 is 0 Å². The molecular weight excluding hydrogens is 272 g/mol. The summed E-state index contributed by atoms with van der Waals surface area (Å²) in [6, 6.07) is 9.08. The monoisotopic (exact) mass is 284 g/mol. The van der Waals surface area contributed by atoms with Crippen LogP contribution >= 0.6 is 0 Å². The number of phenolic OH excluding ortho intramolecular Hbond substituents is 2. The van der Waals surface area contributed by atoms with Crippen molar-refractivity contribution < 1.29 is 24.5 Å². The van der Waals surface area contributed by atoms with Crippen molar-refractivity contribution in [3.05, 3.63) is 53.3 Å². The third-order valence-electron chi connectivity index (χ3n) is 3.15. The highest BCUT2D eigenvalue weighted by Crippen LogP contribution is 2.35. The standard InChI is InChI=1S/C16H12O5/c1-20-14-6-9(2-4-12(14)18)7-15-16(19)11-8-10(17)3-5-13(11)21-15/h2-8,17-18H,1H3/b15-7-. The quantitative estimate of drug-likeness (QED) is 0.829. The second kappa shape index (κ2) is 4.86. The van der Waals surface area contributed by atoms with Gasteiger partial charge in [0.25, 0.3) is 0 Å². The van der Waals surface area contributed by atoms with Gasteiger partial charge in [0.15, 0.2) is 17.3 Å². The molecule has 0 spiro atoms. The molecule has 0 unspecified atom stereocenters. The molecule has 5 heteroatoms. The Kier molecular flexibility index (Phi) is 3.02. The molecule has 0 radical (unpaired) electrons. The van der Waals surface area contributed by atoms with Crippen molar-refractivity contribution in [2.45, 2.75) is 0 Å². The van der Waals surface area contributed by atoms with Crippen molar-refractivity contribution in [2.75, 3.05) is 7.11 Å². The predicted octanol–water partition coefficient (Wildman–Crippen LogP) is 2.72. The number of carbonyl (C=O) groups is 1. The summed E-state index contributed by atoms with van der Waals surface area (Å²) in [6.07, 6.45) is 1.56. The zero-order valence-electron chi connectivity index (χ0n) is 11.2. The molecule has 0 aromatic heterocycles. The third-order valence-corrected chi connectivity index (χ3v) is 3.15. The van der Waals surface area contributed by atoms with Crippen LogP contribution in [0.1, 0.15) is 15.9 Å². The number of rotatable bonds is 2. The molecule has 0 amide bonds. The van der Waals surface area contributed by atoms with Gasteiger partial charge in [0.05, 0.1) is 12.7 Å². The normalized spacial score (nSPS) is 14.9. The van der Waals surface area contributed by atoms with E-state index in [9.17, 15) is 15.0 Å². The summed E-state index contributed by atoms with van der Waals surface area (Å²) >= 11 is 0. The summed E-state index contributed by atoms with van der Waals surface area (Å²) in [5, 5.41) is 19.0. The number of ether oxygens (including phenoxy) is 2. The Morgan fingerprint density at radius 3 is 2.71 bits per heavy atom. The molecule has 1 aliphatic rings. The van der Waals surface area contributed by atoms with Gasteiger partial charge in [-0.05, 0) is 42.0 Å². The third kappa shape index (κ3) is 2.29. The maximum Gasteiger partial charge on any atom is 0.232 e. The number of methoxy groups -OCH3 is 1. The molecule has 1 heterocycles. The van der Waals surface area contributed by atoms with E-state index in [1.54, 1.807) is 24.3 Å². The lowest BCUT2D eigenvalue weighted by molar-refractivity contribution is 0.101. The zero-order chi connectivity index (χ0) is 15.0. The molecule has 2 N–H and O–H groups in total. The van der Waals surface area contributed by atoms with Crippen molar-refractivity contribution in [3.63, 3.8) is 0 Å². The summed E-state index contributed by atoms with van der Waals surface area (Å²) in [5.74, 6) is 0.612. The van der Waals surface area contributed by atoms with Crippen molar-refractivity contribution in [3.8, 4) is 23.0 Å². The summed E-state index contributed by atoms with van der Waals surface area (Å²) in [4.78, 5) is 12.2. The maximum absolute atomic E-state index is 12.2. The highest BCUT2D eigenvalue weighted by molar-refractivity contribution is 6.14. The lowest BCUT2D eigenvalue weighted by atomic mass is 10.1. The van der Waals surface area contributed by atoms with E-state index >= 15 is 0 Å². The summed E-state index contributed by atoms with van der Waals surface area (Å²) < 4.78 is 10.5. The van der Waals surface area contributed by atoms with E-state index in [4.69, 9.17) is 9.47 Å². The van der Waals surface area contributed by atoms with E-state index in [1.165, 1.54) is 25.3 Å². The number of phenols is 2. The van der Waals surface area contributed by atoms with E-state index in [-0.39, 0.29) is 23.0 Å². The number of hydrogen-bond acceptors (Lipinski definition) is 5. The van der Waals surface area contributed by atoms with Crippen LogP contribution in [0.2, 0.25) is 0 Å². The number of carbonyl (C=O) groups excluding carboxylic acids is 1. The molecule has 21 heavy (non-hydrogen) atoms. The lowest BCUT2D eigenvalue weighted by Crippen LogP contribution is -1.98. The average molecular weight is 284 g/mol. The number of fused-ring (bicyclic) bond motifs is 1. The van der Waals surface area contributed by atoms with E-state index in [0.717, 1.165) is 0 Å². The van der Waals surface area contributed by atoms with Gasteiger partial charge in [-0.2, -0.15) is 0 Å². The second-order valence-corrected chi connectivity index (χ2v) is 4.55. The van der Waals surface area contributed by atoms with Crippen LogP contribution in [0.5, 0.6) is 23.0 Å². The second-order valence-electron chi connectivity index (χ2n) is 4.55. The van der Waals surface area contributed by atoms with Crippen molar-refractivity contribution in [1.29, 1.82) is 0 Å². The van der Waals surface area contributed by atoms with Gasteiger partial charge in [0.2, 0.25) is 5.78 Å². The SMILES string of the molecule is COc1cc(/C=C2\Oc3ccc(O)cc3C2=O)ccc1O. The van der Waals surface area contributed by atoms with Crippen molar-refractivity contribution >= 4 is 11.9 Å². The fourth-order valence-corrected chi connectivity index (χ4v) is 2.11. The molecule has 0 bridgehead atoms. The van der Waals surface area contributed by atoms with Crippen LogP contribution in [0.25, 0.3) is 6.08 Å². The molecule has 0 saturated heterocycles. The predicted molar refractivity (Wildman–Crippen MR) is 75.7 cm³/mol. The molecule has 3 rings (SSSR count). The molecule has 0 saturated carbocycles. The van der Waals surface area contributed by atoms with Gasteiger partial charge >= 0.3 is 0 Å². The van der Waals surface area contributed by atoms with Crippen LogP contribution < -0.4 is 9.47 Å². The minimum Gasteiger partial charge on any atom is -0.508 e. The number of aromatic hydroxyl groups is 2. The van der Waals surface area contributed by atoms with Crippen LogP contribution in [-0.4, -0.2) is 23.1 Å². The highest BCUT2D eigenvalue weighted by atomic mass is 16.5. The molecule has 2 aromatic rings. The van der Waals surface area contributed by atoms with Crippen LogP contribution in [0.15, 0.2) is 42.2 Å². The first-order chi connectivity index (χ1) is 10.1. The van der Waals surface area contributed by atoms with Gasteiger partial charge in [-0.1, -0.05) is 6.07 Å². The summed E-state index contributed by atoms with van der Waals surface area (Å²) in [7, 11) is 1.45. The molecule has 0 fully saturated rings. The zero-order valence-corrected chi connectivity index (χ0v) is 11.2. The van der Waals surface area contributed by atoms with E-state index in [2.05, 4.69) is 0 Å². The summed E-state index contributed by atoms with van der Waals surface area (Å²) in [5.41, 5.74) is 0.983. The van der Waals surface area contributed by atoms with Crippen LogP contribution in [-0.2, 0) is 0 Å². The van der Waals surface area contributed by atoms with Crippen LogP contribution in [0, 0.1) is 0 Å². The smallest absolute Gasteiger partial charge is 0.232 e. The Morgan fingerprint density at radius 2 is 1.95 bits per heavy atom. The number of Topliss-reactive ketones (excluding diaryl/α,β-unsaturated/α-hetero) is 1. The fraction of sp³-hybridized carbons (Fsp3) is 0.0625. The van der Waals surface area contributed by atoms with Crippen LogP contribution in [0.3, 0.4) is 0 Å². The topological polar surface area (TPSA) is 76.0 Å². The molecule has 0 atom stereocenters. The largest absolute Gasteiger partial charge is 0.508 e. The average Bonchev–Trinajstić information content (AvgIpc) is 2.77. The van der Waals surface area contributed by atoms with E-state index in [1.807, 2.05) is 0 Å². The van der Waals surface area contributed by atoms with Gasteiger partial charge < -0.3 is 19.7 Å². The number of allylic oxidation sites excluding steroid dienone is 1. The molecule has 5 nitrogen and oxygen atoms in total. The Balaban J connectivity index is 1.97. The Morgan fingerprint density at radius 1 is 1.14 bits per heavy atom. The van der Waals surface area contributed by atoms with E-state index in [0.29, 0.717) is 22.6 Å². The first-order valence-corrected chi connectivity index (χ1v) is 6.23. The number of ketones is 1. The van der Waals surface area contributed by atoms with Gasteiger partial charge in [-0.15, -0.1) is 0 Å². The molecule has 106 valence electrons. The number of hydrogen-bond donors (Lipinski definition) is 2. The first-order valence-electron chi connectivity index (χ1n) is 6.23. The van der Waals surface area contributed by atoms with Gasteiger partial charge in [-0.25, -0.2) is 0 Å². The lowest BCUT2D eigenvalue weighted by Gasteiger charge is -2.04. The van der Waals surface area contributed by atoms with Gasteiger partial charge in [0.1, 0.15) is 11.5 Å². The van der Waals surface area contributed by atoms with Crippen molar-refractivity contribution in [2.24, 2.45) is 0 Å². The Labute approximate surface area is 120 Å². The molecule has 0 aliphatic carbocycles. The van der Waals surface area contributed by atoms with Gasteiger partial charge in [-0.3, -0.25) is 4.79 Å². The Hall–Kier alpha value is -2.95. The number of benzene rings is 2. The summed E-state index contributed by atoms with van der Waals surface area (Å²) in [6.45, 7) is 0. The minimum atomic E-state index is -0.298. The fourth-order valence-electron chi connectivity index (χ4n) is 2.11. The van der Waals surface area contributed by atoms with Crippen LogP contribution in [0.4, 0.5) is 0 Å². The molecule has 1 aliphatic heterocycles.